The second-order valence-electron chi connectivity index (χ2n) is 6.25. The number of H-pyrrole nitrogens is 1. The lowest BCUT2D eigenvalue weighted by molar-refractivity contribution is -0.116. The number of thiazole rings is 1. The van der Waals surface area contributed by atoms with Gasteiger partial charge in [0.25, 0.3) is 0 Å². The van der Waals surface area contributed by atoms with Crippen molar-refractivity contribution in [3.05, 3.63) is 64.2 Å². The Morgan fingerprint density at radius 1 is 1.45 bits per heavy atom. The number of carbonyl (C=O) groups excluding carboxylic acids is 1. The lowest BCUT2D eigenvalue weighted by atomic mass is 10.1. The third-order valence-electron chi connectivity index (χ3n) is 4.18. The van der Waals surface area contributed by atoms with Crippen LogP contribution in [0.15, 0.2) is 42.3 Å². The molecule has 0 atom stereocenters. The monoisotopic (exact) mass is 429 g/mol. The molecule has 0 aliphatic rings. The van der Waals surface area contributed by atoms with Crippen molar-refractivity contribution in [2.75, 3.05) is 11.9 Å². The molecule has 2 aromatic heterocycles. The molecule has 152 valence electrons. The Labute approximate surface area is 178 Å². The summed E-state index contributed by atoms with van der Waals surface area (Å²) in [7, 11) is 0. The molecule has 3 rings (SSSR count). The number of rotatable bonds is 10. The van der Waals surface area contributed by atoms with Crippen LogP contribution in [0.5, 0.6) is 5.75 Å². The van der Waals surface area contributed by atoms with Crippen molar-refractivity contribution >= 4 is 34.6 Å². The van der Waals surface area contributed by atoms with E-state index in [-0.39, 0.29) is 5.91 Å². The molecule has 0 unspecified atom stereocenters. The first-order valence-electron chi connectivity index (χ1n) is 9.30. The standard InChI is InChI=1S/C20H23N5O2S2/c1-3-11-25-17(23-24-20(25)28)12-15-13-29-19(21-15)22-18(26)10-9-14-7-5-6-8-16(14)27-4-2/h3,5-8,13H,1,4,9-12H2,2H3,(H,24,28)(H,21,22,26). The van der Waals surface area contributed by atoms with Gasteiger partial charge in [0.15, 0.2) is 9.90 Å². The summed E-state index contributed by atoms with van der Waals surface area (Å²) in [5.41, 5.74) is 1.85. The fraction of sp³-hybridized carbons (Fsp3) is 0.300. The maximum atomic E-state index is 12.3. The fourth-order valence-electron chi connectivity index (χ4n) is 2.85. The van der Waals surface area contributed by atoms with E-state index in [1.165, 1.54) is 11.3 Å². The van der Waals surface area contributed by atoms with Crippen molar-refractivity contribution in [1.82, 2.24) is 19.7 Å². The zero-order chi connectivity index (χ0) is 20.6. The van der Waals surface area contributed by atoms with Gasteiger partial charge in [0.1, 0.15) is 11.6 Å². The van der Waals surface area contributed by atoms with E-state index in [4.69, 9.17) is 17.0 Å². The molecule has 0 radical (unpaired) electrons. The van der Waals surface area contributed by atoms with E-state index in [1.807, 2.05) is 41.1 Å². The molecule has 29 heavy (non-hydrogen) atoms. The first-order chi connectivity index (χ1) is 14.1. The van der Waals surface area contributed by atoms with Crippen LogP contribution in [-0.4, -0.2) is 32.3 Å². The second kappa shape index (κ2) is 10.1. The summed E-state index contributed by atoms with van der Waals surface area (Å²) in [6.07, 6.45) is 3.26. The number of amides is 1. The highest BCUT2D eigenvalue weighted by molar-refractivity contribution is 7.71. The Morgan fingerprint density at radius 2 is 2.28 bits per heavy atom. The Hall–Kier alpha value is -2.78. The molecule has 7 nitrogen and oxygen atoms in total. The molecule has 9 heteroatoms. The highest BCUT2D eigenvalue weighted by atomic mass is 32.1. The zero-order valence-electron chi connectivity index (χ0n) is 16.2. The van der Waals surface area contributed by atoms with Crippen molar-refractivity contribution in [2.45, 2.75) is 32.7 Å². The highest BCUT2D eigenvalue weighted by Crippen LogP contribution is 2.21. The summed E-state index contributed by atoms with van der Waals surface area (Å²) in [5.74, 6) is 1.53. The van der Waals surface area contributed by atoms with Crippen LogP contribution in [0.4, 0.5) is 5.13 Å². The van der Waals surface area contributed by atoms with Crippen LogP contribution in [0.25, 0.3) is 0 Å². The second-order valence-corrected chi connectivity index (χ2v) is 7.50. The molecular formula is C20H23N5O2S2. The summed E-state index contributed by atoms with van der Waals surface area (Å²) >= 11 is 6.62. The Kier molecular flexibility index (Phi) is 7.31. The van der Waals surface area contributed by atoms with Crippen LogP contribution in [0.1, 0.15) is 30.4 Å². The van der Waals surface area contributed by atoms with E-state index in [2.05, 4.69) is 27.1 Å². The van der Waals surface area contributed by atoms with Crippen LogP contribution in [0.2, 0.25) is 0 Å². The van der Waals surface area contributed by atoms with Gasteiger partial charge in [-0.25, -0.2) is 4.98 Å². The number of nitrogens with zero attached hydrogens (tertiary/aromatic N) is 3. The smallest absolute Gasteiger partial charge is 0.226 e. The van der Waals surface area contributed by atoms with E-state index in [0.717, 1.165) is 22.8 Å². The van der Waals surface area contributed by atoms with Gasteiger partial charge < -0.3 is 10.1 Å². The molecule has 0 saturated carbocycles. The van der Waals surface area contributed by atoms with Crippen molar-refractivity contribution < 1.29 is 9.53 Å². The quantitative estimate of drug-likeness (QED) is 0.374. The zero-order valence-corrected chi connectivity index (χ0v) is 17.8. The minimum atomic E-state index is -0.0773. The van der Waals surface area contributed by atoms with Gasteiger partial charge in [-0.2, -0.15) is 5.10 Å². The number of para-hydroxylation sites is 1. The average molecular weight is 430 g/mol. The number of ether oxygens (including phenoxy) is 1. The normalized spacial score (nSPS) is 10.7. The SMILES string of the molecule is C=CCn1c(Cc2csc(NC(=O)CCc3ccccc3OCC)n2)n[nH]c1=S. The van der Waals surface area contributed by atoms with Gasteiger partial charge in [-0.3, -0.25) is 14.5 Å². The summed E-state index contributed by atoms with van der Waals surface area (Å²) < 4.78 is 8.03. The number of benzene rings is 1. The number of carbonyl (C=O) groups is 1. The maximum Gasteiger partial charge on any atom is 0.226 e. The Bertz CT molecular complexity index is 1040. The van der Waals surface area contributed by atoms with Crippen LogP contribution in [0.3, 0.4) is 0 Å². The van der Waals surface area contributed by atoms with Crippen molar-refractivity contribution in [3.8, 4) is 5.75 Å². The molecule has 0 aliphatic heterocycles. The molecule has 0 fully saturated rings. The molecule has 2 heterocycles. The molecule has 0 saturated heterocycles. The number of allylic oxidation sites excluding steroid dienone is 1. The molecular weight excluding hydrogens is 406 g/mol. The van der Waals surface area contributed by atoms with Gasteiger partial charge in [-0.05, 0) is 37.2 Å². The predicted octanol–water partition coefficient (Wildman–Crippen LogP) is 4.14. The van der Waals surface area contributed by atoms with Gasteiger partial charge in [-0.1, -0.05) is 24.3 Å². The lowest BCUT2D eigenvalue weighted by Crippen LogP contribution is -2.12. The van der Waals surface area contributed by atoms with Gasteiger partial charge in [0.05, 0.1) is 18.7 Å². The van der Waals surface area contributed by atoms with Gasteiger partial charge in [0, 0.05) is 18.3 Å². The van der Waals surface area contributed by atoms with Gasteiger partial charge in [0.2, 0.25) is 5.91 Å². The van der Waals surface area contributed by atoms with Crippen LogP contribution >= 0.6 is 23.6 Å². The molecule has 3 aromatic rings. The lowest BCUT2D eigenvalue weighted by Gasteiger charge is -2.09. The van der Waals surface area contributed by atoms with Gasteiger partial charge in [-0.15, -0.1) is 17.9 Å². The fourth-order valence-corrected chi connectivity index (χ4v) is 3.80. The topological polar surface area (TPSA) is 84.8 Å². The molecule has 2 N–H and O–H groups in total. The summed E-state index contributed by atoms with van der Waals surface area (Å²) in [4.78, 5) is 16.8. The third-order valence-corrected chi connectivity index (χ3v) is 5.30. The van der Waals surface area contributed by atoms with Crippen molar-refractivity contribution in [3.63, 3.8) is 0 Å². The molecule has 1 amide bonds. The Balaban J connectivity index is 1.57. The number of nitrogens with one attached hydrogen (secondary N) is 2. The molecule has 0 spiro atoms. The first-order valence-corrected chi connectivity index (χ1v) is 10.6. The van der Waals surface area contributed by atoms with E-state index in [9.17, 15) is 4.79 Å². The van der Waals surface area contributed by atoms with E-state index >= 15 is 0 Å². The van der Waals surface area contributed by atoms with Crippen molar-refractivity contribution in [2.24, 2.45) is 0 Å². The number of hydrogen-bond acceptors (Lipinski definition) is 6. The van der Waals surface area contributed by atoms with Crippen LogP contribution < -0.4 is 10.1 Å². The highest BCUT2D eigenvalue weighted by Gasteiger charge is 2.12. The number of aromatic amines is 1. The number of aromatic nitrogens is 4. The first kappa shape index (κ1) is 20.9. The third kappa shape index (κ3) is 5.61. The summed E-state index contributed by atoms with van der Waals surface area (Å²) in [6, 6.07) is 7.78. The largest absolute Gasteiger partial charge is 0.494 e. The van der Waals surface area contributed by atoms with E-state index < -0.39 is 0 Å². The molecule has 0 aliphatic carbocycles. The summed E-state index contributed by atoms with van der Waals surface area (Å²) in [5, 5.41) is 12.4. The number of aryl methyl sites for hydroxylation is 1. The number of hydrogen-bond donors (Lipinski definition) is 2. The molecule has 1 aromatic carbocycles. The van der Waals surface area contributed by atoms with E-state index in [1.54, 1.807) is 6.08 Å². The Morgan fingerprint density at radius 3 is 3.07 bits per heavy atom. The van der Waals surface area contributed by atoms with Crippen LogP contribution in [-0.2, 0) is 24.2 Å². The number of anilines is 1. The van der Waals surface area contributed by atoms with Crippen molar-refractivity contribution in [1.29, 1.82) is 0 Å². The van der Waals surface area contributed by atoms with Gasteiger partial charge >= 0.3 is 0 Å². The average Bonchev–Trinajstić information content (AvgIpc) is 3.29. The minimum Gasteiger partial charge on any atom is -0.494 e. The minimum absolute atomic E-state index is 0.0773. The summed E-state index contributed by atoms with van der Waals surface area (Å²) in [6.45, 7) is 6.87. The van der Waals surface area contributed by atoms with E-state index in [0.29, 0.717) is 42.3 Å². The maximum absolute atomic E-state index is 12.3. The predicted molar refractivity (Wildman–Crippen MR) is 117 cm³/mol. The van der Waals surface area contributed by atoms with Crippen LogP contribution in [0, 0.1) is 4.77 Å². The molecule has 0 bridgehead atoms.